The smallest absolute Gasteiger partial charge is 0.135 e. The summed E-state index contributed by atoms with van der Waals surface area (Å²) in [5.74, 6) is 0.751. The summed E-state index contributed by atoms with van der Waals surface area (Å²) in [5, 5.41) is 4.43. The van der Waals surface area contributed by atoms with E-state index >= 15 is 0 Å². The topological polar surface area (TPSA) is 43.8 Å². The molecule has 1 aromatic carbocycles. The van der Waals surface area contributed by atoms with Crippen molar-refractivity contribution < 1.29 is 0 Å². The molecule has 1 heterocycles. The average molecular weight is 327 g/mol. The first kappa shape index (κ1) is 11.4. The van der Waals surface area contributed by atoms with Crippen LogP contribution in [0.15, 0.2) is 24.3 Å². The molecule has 0 saturated carbocycles. The van der Waals surface area contributed by atoms with Crippen LogP contribution in [0.3, 0.4) is 0 Å². The van der Waals surface area contributed by atoms with Gasteiger partial charge in [-0.2, -0.15) is 5.10 Å². The Morgan fingerprint density at radius 1 is 1.31 bits per heavy atom. The minimum absolute atomic E-state index is 0.738. The molecule has 0 spiro atoms. The summed E-state index contributed by atoms with van der Waals surface area (Å²) in [6.45, 7) is 4.82. The molecule has 0 aliphatic rings. The summed E-state index contributed by atoms with van der Waals surface area (Å²) in [4.78, 5) is 0. The first-order valence-electron chi connectivity index (χ1n) is 5.12. The molecule has 0 amide bonds. The predicted octanol–water partition coefficient (Wildman–Crippen LogP) is 2.74. The van der Waals surface area contributed by atoms with E-state index < -0.39 is 0 Å². The van der Waals surface area contributed by atoms with Gasteiger partial charge in [-0.1, -0.05) is 24.3 Å². The van der Waals surface area contributed by atoms with Crippen LogP contribution in [0.25, 0.3) is 0 Å². The van der Waals surface area contributed by atoms with Crippen LogP contribution >= 0.6 is 22.6 Å². The number of nitrogens with two attached hydrogens (primary N) is 1. The molecule has 0 radical (unpaired) electrons. The lowest BCUT2D eigenvalue weighted by molar-refractivity contribution is 0.686. The molecular weight excluding hydrogens is 313 g/mol. The Balaban J connectivity index is 2.34. The highest BCUT2D eigenvalue weighted by atomic mass is 127. The standard InChI is InChI=1S/C12H14IN3/c1-8-5-3-4-6-10(8)7-16-12(14)11(13)9(2)15-16/h3-6H,7,14H2,1-2H3. The van der Waals surface area contributed by atoms with Gasteiger partial charge in [-0.05, 0) is 47.6 Å². The van der Waals surface area contributed by atoms with Crippen LogP contribution in [0.5, 0.6) is 0 Å². The van der Waals surface area contributed by atoms with Crippen LogP contribution in [-0.2, 0) is 6.54 Å². The highest BCUT2D eigenvalue weighted by Crippen LogP contribution is 2.20. The summed E-state index contributed by atoms with van der Waals surface area (Å²) in [7, 11) is 0. The van der Waals surface area contributed by atoms with Crippen LogP contribution in [0, 0.1) is 17.4 Å². The minimum Gasteiger partial charge on any atom is -0.383 e. The molecule has 0 aliphatic heterocycles. The fraction of sp³-hybridized carbons (Fsp3) is 0.250. The molecule has 0 saturated heterocycles. The Morgan fingerprint density at radius 2 is 2.00 bits per heavy atom. The highest BCUT2D eigenvalue weighted by Gasteiger charge is 2.10. The molecule has 0 aliphatic carbocycles. The molecule has 0 atom stereocenters. The summed E-state index contributed by atoms with van der Waals surface area (Å²) in [6, 6.07) is 8.30. The van der Waals surface area contributed by atoms with Gasteiger partial charge in [0, 0.05) is 0 Å². The van der Waals surface area contributed by atoms with E-state index in [1.807, 2.05) is 23.7 Å². The van der Waals surface area contributed by atoms with Gasteiger partial charge in [-0.15, -0.1) is 0 Å². The van der Waals surface area contributed by atoms with Crippen molar-refractivity contribution >= 4 is 28.4 Å². The maximum Gasteiger partial charge on any atom is 0.135 e. The number of nitrogen functional groups attached to an aromatic ring is 1. The molecular formula is C12H14IN3. The molecule has 2 aromatic rings. The van der Waals surface area contributed by atoms with Crippen molar-refractivity contribution in [3.8, 4) is 0 Å². The molecule has 4 heteroatoms. The number of anilines is 1. The van der Waals surface area contributed by atoms with E-state index in [-0.39, 0.29) is 0 Å². The van der Waals surface area contributed by atoms with Crippen molar-refractivity contribution in [2.24, 2.45) is 0 Å². The minimum atomic E-state index is 0.738. The maximum absolute atomic E-state index is 5.99. The number of halogens is 1. The summed E-state index contributed by atoms with van der Waals surface area (Å²) in [6.07, 6.45) is 0. The largest absolute Gasteiger partial charge is 0.383 e. The van der Waals surface area contributed by atoms with Gasteiger partial charge in [-0.25, -0.2) is 4.68 Å². The fourth-order valence-corrected chi connectivity index (χ4v) is 2.03. The number of aryl methyl sites for hydroxylation is 2. The second-order valence-corrected chi connectivity index (χ2v) is 4.95. The summed E-state index contributed by atoms with van der Waals surface area (Å²) >= 11 is 2.23. The molecule has 2 rings (SSSR count). The van der Waals surface area contributed by atoms with Crippen molar-refractivity contribution in [2.45, 2.75) is 20.4 Å². The van der Waals surface area contributed by atoms with E-state index in [1.54, 1.807) is 0 Å². The Hall–Kier alpha value is -1.04. The van der Waals surface area contributed by atoms with Crippen LogP contribution in [-0.4, -0.2) is 9.78 Å². The van der Waals surface area contributed by atoms with E-state index in [0.29, 0.717) is 0 Å². The lowest BCUT2D eigenvalue weighted by Crippen LogP contribution is -2.07. The molecule has 0 fully saturated rings. The number of hydrogen-bond acceptors (Lipinski definition) is 2. The van der Waals surface area contributed by atoms with Gasteiger partial charge in [0.15, 0.2) is 0 Å². The van der Waals surface area contributed by atoms with Crippen molar-refractivity contribution in [2.75, 3.05) is 5.73 Å². The average Bonchev–Trinajstić information content (AvgIpc) is 2.50. The molecule has 84 valence electrons. The van der Waals surface area contributed by atoms with E-state index in [0.717, 1.165) is 21.6 Å². The molecule has 1 aromatic heterocycles. The van der Waals surface area contributed by atoms with Crippen LogP contribution < -0.4 is 5.73 Å². The predicted molar refractivity (Wildman–Crippen MR) is 74.4 cm³/mol. The lowest BCUT2D eigenvalue weighted by atomic mass is 10.1. The quantitative estimate of drug-likeness (QED) is 0.862. The van der Waals surface area contributed by atoms with Crippen molar-refractivity contribution in [3.05, 3.63) is 44.7 Å². The van der Waals surface area contributed by atoms with Gasteiger partial charge >= 0.3 is 0 Å². The molecule has 0 unspecified atom stereocenters. The fourth-order valence-electron chi connectivity index (χ4n) is 1.65. The van der Waals surface area contributed by atoms with Gasteiger partial charge < -0.3 is 5.73 Å². The van der Waals surface area contributed by atoms with E-state index in [4.69, 9.17) is 5.73 Å². The van der Waals surface area contributed by atoms with Gasteiger partial charge in [0.2, 0.25) is 0 Å². The van der Waals surface area contributed by atoms with Crippen LogP contribution in [0.2, 0.25) is 0 Å². The zero-order chi connectivity index (χ0) is 11.7. The third kappa shape index (κ3) is 2.07. The zero-order valence-electron chi connectivity index (χ0n) is 9.37. The zero-order valence-corrected chi connectivity index (χ0v) is 11.5. The normalized spacial score (nSPS) is 10.7. The Labute approximate surface area is 109 Å². The van der Waals surface area contributed by atoms with Crippen LogP contribution in [0.4, 0.5) is 5.82 Å². The molecule has 0 bridgehead atoms. The van der Waals surface area contributed by atoms with Gasteiger partial charge in [-0.3, -0.25) is 0 Å². The number of rotatable bonds is 2. The van der Waals surface area contributed by atoms with E-state index in [2.05, 4.69) is 46.7 Å². The second-order valence-electron chi connectivity index (χ2n) is 3.87. The van der Waals surface area contributed by atoms with Crippen molar-refractivity contribution in [3.63, 3.8) is 0 Å². The SMILES string of the molecule is Cc1ccccc1Cn1nc(C)c(I)c1N. The number of aromatic nitrogens is 2. The van der Waals surface area contributed by atoms with Crippen LogP contribution in [0.1, 0.15) is 16.8 Å². The third-order valence-electron chi connectivity index (χ3n) is 2.67. The maximum atomic E-state index is 5.99. The Morgan fingerprint density at radius 3 is 2.56 bits per heavy atom. The van der Waals surface area contributed by atoms with Gasteiger partial charge in [0.1, 0.15) is 5.82 Å². The second kappa shape index (κ2) is 4.45. The van der Waals surface area contributed by atoms with Gasteiger partial charge in [0.05, 0.1) is 15.8 Å². The molecule has 2 N–H and O–H groups in total. The number of hydrogen-bond donors (Lipinski definition) is 1. The first-order chi connectivity index (χ1) is 7.59. The molecule has 16 heavy (non-hydrogen) atoms. The Bertz CT molecular complexity index is 517. The highest BCUT2D eigenvalue weighted by molar-refractivity contribution is 14.1. The van der Waals surface area contributed by atoms with Crippen molar-refractivity contribution in [1.29, 1.82) is 0 Å². The van der Waals surface area contributed by atoms with E-state index in [1.165, 1.54) is 11.1 Å². The molecule has 3 nitrogen and oxygen atoms in total. The third-order valence-corrected chi connectivity index (χ3v) is 4.01. The Kier molecular flexibility index (Phi) is 3.18. The van der Waals surface area contributed by atoms with Crippen molar-refractivity contribution in [1.82, 2.24) is 9.78 Å². The summed E-state index contributed by atoms with van der Waals surface area (Å²) < 4.78 is 2.91. The summed E-state index contributed by atoms with van der Waals surface area (Å²) in [5.41, 5.74) is 9.51. The first-order valence-corrected chi connectivity index (χ1v) is 6.20. The van der Waals surface area contributed by atoms with E-state index in [9.17, 15) is 0 Å². The monoisotopic (exact) mass is 327 g/mol. The number of benzene rings is 1. The van der Waals surface area contributed by atoms with Gasteiger partial charge in [0.25, 0.3) is 0 Å². The lowest BCUT2D eigenvalue weighted by Gasteiger charge is -2.07. The number of nitrogens with zero attached hydrogens (tertiary/aromatic N) is 2.